The van der Waals surface area contributed by atoms with Crippen molar-refractivity contribution >= 4 is 5.69 Å². The zero-order chi connectivity index (χ0) is 17.1. The molecule has 0 bridgehead atoms. The third-order valence-corrected chi connectivity index (χ3v) is 4.87. The number of aryl methyl sites for hydroxylation is 1. The van der Waals surface area contributed by atoms with E-state index in [1.165, 1.54) is 12.8 Å². The van der Waals surface area contributed by atoms with Crippen LogP contribution in [0.1, 0.15) is 48.9 Å². The molecule has 6 heteroatoms. The summed E-state index contributed by atoms with van der Waals surface area (Å²) in [4.78, 5) is 4.44. The van der Waals surface area contributed by atoms with Crippen LogP contribution in [0.2, 0.25) is 0 Å². The Morgan fingerprint density at radius 2 is 2.04 bits per heavy atom. The van der Waals surface area contributed by atoms with Crippen LogP contribution in [0.4, 0.5) is 5.69 Å². The SMILES string of the molecule is Cc1ccc(NCc2nc(C3CC3)no2)cc1OCC1CCOCC1. The minimum absolute atomic E-state index is 0.516. The average molecular weight is 343 g/mol. The maximum Gasteiger partial charge on any atom is 0.245 e. The number of rotatable bonds is 7. The summed E-state index contributed by atoms with van der Waals surface area (Å²) in [5.74, 6) is 3.51. The maximum atomic E-state index is 6.07. The molecule has 1 saturated heterocycles. The molecule has 2 heterocycles. The molecule has 1 N–H and O–H groups in total. The predicted molar refractivity (Wildman–Crippen MR) is 93.8 cm³/mol. The lowest BCUT2D eigenvalue weighted by molar-refractivity contribution is 0.0496. The average Bonchev–Trinajstić information content (AvgIpc) is 3.39. The van der Waals surface area contributed by atoms with E-state index in [2.05, 4.69) is 34.5 Å². The minimum atomic E-state index is 0.516. The number of ether oxygens (including phenoxy) is 2. The highest BCUT2D eigenvalue weighted by atomic mass is 16.5. The fourth-order valence-corrected chi connectivity index (χ4v) is 3.01. The van der Waals surface area contributed by atoms with E-state index >= 15 is 0 Å². The Kier molecular flexibility index (Phi) is 4.88. The Bertz CT molecular complexity index is 706. The van der Waals surface area contributed by atoms with Gasteiger partial charge in [-0.05, 0) is 50.2 Å². The smallest absolute Gasteiger partial charge is 0.245 e. The zero-order valence-corrected chi connectivity index (χ0v) is 14.7. The summed E-state index contributed by atoms with van der Waals surface area (Å²) >= 11 is 0. The first kappa shape index (κ1) is 16.4. The van der Waals surface area contributed by atoms with E-state index in [0.29, 0.717) is 24.3 Å². The van der Waals surface area contributed by atoms with Crippen molar-refractivity contribution in [2.24, 2.45) is 5.92 Å². The standard InChI is InChI=1S/C19H25N3O3/c1-13-2-5-16(10-17(13)24-12-14-6-8-23-9-7-14)20-11-18-21-19(22-25-18)15-3-4-15/h2,5,10,14-15,20H,3-4,6-9,11-12H2,1H3. The molecular formula is C19H25N3O3. The number of benzene rings is 1. The van der Waals surface area contributed by atoms with Crippen LogP contribution in [0.3, 0.4) is 0 Å². The molecule has 0 amide bonds. The molecule has 1 aliphatic carbocycles. The summed E-state index contributed by atoms with van der Waals surface area (Å²) in [5.41, 5.74) is 2.14. The topological polar surface area (TPSA) is 69.4 Å². The van der Waals surface area contributed by atoms with Gasteiger partial charge in [-0.25, -0.2) is 0 Å². The van der Waals surface area contributed by atoms with E-state index in [-0.39, 0.29) is 0 Å². The third-order valence-electron chi connectivity index (χ3n) is 4.87. The molecule has 4 rings (SSSR count). The lowest BCUT2D eigenvalue weighted by atomic mass is 10.0. The van der Waals surface area contributed by atoms with Crippen LogP contribution < -0.4 is 10.1 Å². The highest BCUT2D eigenvalue weighted by molar-refractivity contribution is 5.51. The fourth-order valence-electron chi connectivity index (χ4n) is 3.01. The van der Waals surface area contributed by atoms with Crippen LogP contribution in [-0.4, -0.2) is 30.0 Å². The molecule has 1 aliphatic heterocycles. The zero-order valence-electron chi connectivity index (χ0n) is 14.7. The van der Waals surface area contributed by atoms with Crippen molar-refractivity contribution in [3.8, 4) is 5.75 Å². The van der Waals surface area contributed by atoms with Gasteiger partial charge in [-0.3, -0.25) is 0 Å². The first-order valence-corrected chi connectivity index (χ1v) is 9.15. The van der Waals surface area contributed by atoms with Gasteiger partial charge in [-0.1, -0.05) is 11.2 Å². The van der Waals surface area contributed by atoms with Gasteiger partial charge in [0.15, 0.2) is 5.82 Å². The highest BCUT2D eigenvalue weighted by Crippen LogP contribution is 2.38. The molecule has 134 valence electrons. The van der Waals surface area contributed by atoms with Crippen molar-refractivity contribution in [3.05, 3.63) is 35.5 Å². The predicted octanol–water partition coefficient (Wildman–Crippen LogP) is 3.67. The molecule has 2 aromatic rings. The highest BCUT2D eigenvalue weighted by Gasteiger charge is 2.28. The fraction of sp³-hybridized carbons (Fsp3) is 0.579. The Balaban J connectivity index is 1.33. The molecule has 1 aromatic carbocycles. The summed E-state index contributed by atoms with van der Waals surface area (Å²) < 4.78 is 16.8. The van der Waals surface area contributed by atoms with Gasteiger partial charge in [0.2, 0.25) is 5.89 Å². The minimum Gasteiger partial charge on any atom is -0.493 e. The van der Waals surface area contributed by atoms with Crippen molar-refractivity contribution in [3.63, 3.8) is 0 Å². The Labute approximate surface area is 147 Å². The molecule has 6 nitrogen and oxygen atoms in total. The van der Waals surface area contributed by atoms with E-state index in [1.807, 2.05) is 6.07 Å². The van der Waals surface area contributed by atoms with Crippen molar-refractivity contribution in [1.29, 1.82) is 0 Å². The van der Waals surface area contributed by atoms with Crippen molar-refractivity contribution < 1.29 is 14.0 Å². The summed E-state index contributed by atoms with van der Waals surface area (Å²) in [6, 6.07) is 6.17. The van der Waals surface area contributed by atoms with Crippen LogP contribution in [0.25, 0.3) is 0 Å². The number of hydrogen-bond acceptors (Lipinski definition) is 6. The van der Waals surface area contributed by atoms with Crippen LogP contribution in [0.15, 0.2) is 22.7 Å². The lowest BCUT2D eigenvalue weighted by Gasteiger charge is -2.22. The first-order valence-electron chi connectivity index (χ1n) is 9.15. The van der Waals surface area contributed by atoms with E-state index in [4.69, 9.17) is 14.0 Å². The molecule has 2 aliphatic rings. The summed E-state index contributed by atoms with van der Waals surface area (Å²) in [5, 5.41) is 7.39. The third kappa shape index (κ3) is 4.31. The maximum absolute atomic E-state index is 6.07. The van der Waals surface area contributed by atoms with Gasteiger partial charge in [0, 0.05) is 30.9 Å². The Hall–Kier alpha value is -2.08. The molecule has 2 fully saturated rings. The van der Waals surface area contributed by atoms with Gasteiger partial charge in [0.25, 0.3) is 0 Å². The quantitative estimate of drug-likeness (QED) is 0.827. The number of nitrogens with one attached hydrogen (secondary N) is 1. The van der Waals surface area contributed by atoms with Crippen LogP contribution >= 0.6 is 0 Å². The molecule has 0 radical (unpaired) electrons. The van der Waals surface area contributed by atoms with E-state index in [9.17, 15) is 0 Å². The van der Waals surface area contributed by atoms with Crippen molar-refractivity contribution in [2.45, 2.75) is 45.1 Å². The molecule has 0 atom stereocenters. The number of nitrogens with zero attached hydrogens (tertiary/aromatic N) is 2. The van der Waals surface area contributed by atoms with Crippen LogP contribution in [-0.2, 0) is 11.3 Å². The first-order chi connectivity index (χ1) is 12.3. The monoisotopic (exact) mass is 343 g/mol. The van der Waals surface area contributed by atoms with Gasteiger partial charge in [-0.2, -0.15) is 4.98 Å². The summed E-state index contributed by atoms with van der Waals surface area (Å²) in [7, 11) is 0. The van der Waals surface area contributed by atoms with Gasteiger partial charge in [-0.15, -0.1) is 0 Å². The largest absolute Gasteiger partial charge is 0.493 e. The molecule has 1 saturated carbocycles. The van der Waals surface area contributed by atoms with E-state index in [1.54, 1.807) is 0 Å². The number of aromatic nitrogens is 2. The van der Waals surface area contributed by atoms with E-state index < -0.39 is 0 Å². The second-order valence-electron chi connectivity index (χ2n) is 7.02. The number of anilines is 1. The molecule has 0 spiro atoms. The number of hydrogen-bond donors (Lipinski definition) is 1. The van der Waals surface area contributed by atoms with Crippen LogP contribution in [0, 0.1) is 12.8 Å². The Morgan fingerprint density at radius 3 is 2.84 bits per heavy atom. The second kappa shape index (κ2) is 7.44. The molecular weight excluding hydrogens is 318 g/mol. The molecule has 0 unspecified atom stereocenters. The van der Waals surface area contributed by atoms with Gasteiger partial charge in [0.1, 0.15) is 5.75 Å². The summed E-state index contributed by atoms with van der Waals surface area (Å²) in [6.45, 7) is 5.05. The molecule has 1 aromatic heterocycles. The van der Waals surface area contributed by atoms with Crippen molar-refractivity contribution in [2.75, 3.05) is 25.1 Å². The normalized spacial score (nSPS) is 18.3. The Morgan fingerprint density at radius 1 is 1.20 bits per heavy atom. The van der Waals surface area contributed by atoms with Gasteiger partial charge in [0.05, 0.1) is 13.2 Å². The van der Waals surface area contributed by atoms with Crippen LogP contribution in [0.5, 0.6) is 5.75 Å². The van der Waals surface area contributed by atoms with Gasteiger partial charge >= 0.3 is 0 Å². The van der Waals surface area contributed by atoms with E-state index in [0.717, 1.165) is 55.5 Å². The second-order valence-corrected chi connectivity index (χ2v) is 7.02. The van der Waals surface area contributed by atoms with Gasteiger partial charge < -0.3 is 19.3 Å². The summed E-state index contributed by atoms with van der Waals surface area (Å²) in [6.07, 6.45) is 4.52. The van der Waals surface area contributed by atoms with Crippen molar-refractivity contribution in [1.82, 2.24) is 10.1 Å². The molecule has 25 heavy (non-hydrogen) atoms. The lowest BCUT2D eigenvalue weighted by Crippen LogP contribution is -2.21.